The lowest BCUT2D eigenvalue weighted by Crippen LogP contribution is -2.52. The fraction of sp³-hybridized carbons (Fsp3) is 0.409. The van der Waals surface area contributed by atoms with Crippen molar-refractivity contribution in [2.24, 2.45) is 0 Å². The van der Waals surface area contributed by atoms with Crippen LogP contribution >= 0.6 is 0 Å². The molecule has 5 rings (SSSR count). The summed E-state index contributed by atoms with van der Waals surface area (Å²) in [5.41, 5.74) is -1.08. The van der Waals surface area contributed by atoms with Gasteiger partial charge in [0.2, 0.25) is 5.43 Å². The van der Waals surface area contributed by atoms with Crippen LogP contribution in [0.25, 0.3) is 0 Å². The van der Waals surface area contributed by atoms with E-state index in [0.29, 0.717) is 37.7 Å². The van der Waals surface area contributed by atoms with E-state index >= 15 is 0 Å². The first-order valence-electron chi connectivity index (χ1n) is 10.4. The number of nitrogens with one attached hydrogen (secondary N) is 1. The zero-order valence-corrected chi connectivity index (χ0v) is 16.7. The molecule has 1 aromatic carbocycles. The second kappa shape index (κ2) is 6.90. The van der Waals surface area contributed by atoms with Crippen molar-refractivity contribution >= 4 is 11.8 Å². The number of carbonyl (C=O) groups is 2. The van der Waals surface area contributed by atoms with E-state index in [-0.39, 0.29) is 23.4 Å². The Balaban J connectivity index is 1.57. The van der Waals surface area contributed by atoms with Crippen molar-refractivity contribution in [1.29, 1.82) is 0 Å². The Hall–Kier alpha value is -3.23. The molecule has 3 aliphatic heterocycles. The van der Waals surface area contributed by atoms with Crippen LogP contribution in [0.1, 0.15) is 57.8 Å². The van der Waals surface area contributed by atoms with Crippen molar-refractivity contribution in [3.05, 3.63) is 62.6 Å². The third kappa shape index (κ3) is 2.86. The number of aromatic nitrogens is 1. The lowest BCUT2D eigenvalue weighted by atomic mass is 9.89. The maximum atomic E-state index is 13.9. The molecule has 0 saturated carbocycles. The van der Waals surface area contributed by atoms with Crippen LogP contribution in [0.5, 0.6) is 5.75 Å². The smallest absolute Gasteiger partial charge is 0.274 e. The van der Waals surface area contributed by atoms with Crippen molar-refractivity contribution in [2.75, 3.05) is 13.1 Å². The zero-order chi connectivity index (χ0) is 21.9. The SMILES string of the molecule is O=C(NCc1ccc(F)cc1F)c1c2n3c(c(O)c1=O)C(=O)N1CCCC[C@]3(CC2)C1. The molecule has 2 aromatic rings. The molecular formula is C22H21F2N3O4. The van der Waals surface area contributed by atoms with Crippen LogP contribution in [0.3, 0.4) is 0 Å². The van der Waals surface area contributed by atoms with E-state index in [2.05, 4.69) is 5.32 Å². The molecule has 31 heavy (non-hydrogen) atoms. The molecule has 2 amide bonds. The summed E-state index contributed by atoms with van der Waals surface area (Å²) in [6.45, 7) is 0.829. The lowest BCUT2D eigenvalue weighted by Gasteiger charge is -2.41. The summed E-state index contributed by atoms with van der Waals surface area (Å²) in [6, 6.07) is 3.01. The van der Waals surface area contributed by atoms with E-state index in [9.17, 15) is 28.3 Å². The van der Waals surface area contributed by atoms with Crippen molar-refractivity contribution in [3.63, 3.8) is 0 Å². The molecule has 2 N–H and O–H groups in total. The molecule has 0 radical (unpaired) electrons. The second-order valence-electron chi connectivity index (χ2n) is 8.51. The molecule has 1 atom stereocenters. The average molecular weight is 429 g/mol. The third-order valence-corrected chi connectivity index (χ3v) is 6.73. The first-order chi connectivity index (χ1) is 14.8. The number of fused-ring (bicyclic) bond motifs is 1. The second-order valence-corrected chi connectivity index (χ2v) is 8.51. The van der Waals surface area contributed by atoms with Crippen LogP contribution < -0.4 is 10.7 Å². The first-order valence-corrected chi connectivity index (χ1v) is 10.4. The van der Waals surface area contributed by atoms with Gasteiger partial charge in [0.25, 0.3) is 11.8 Å². The minimum absolute atomic E-state index is 0.0354. The van der Waals surface area contributed by atoms with E-state index in [1.165, 1.54) is 6.07 Å². The van der Waals surface area contributed by atoms with E-state index in [1.54, 1.807) is 9.47 Å². The fourth-order valence-corrected chi connectivity index (χ4v) is 5.27. The summed E-state index contributed by atoms with van der Waals surface area (Å²) in [5, 5.41) is 13.2. The molecule has 0 unspecified atom stereocenters. The minimum Gasteiger partial charge on any atom is -0.503 e. The van der Waals surface area contributed by atoms with Crippen LogP contribution in [0.2, 0.25) is 0 Å². The Morgan fingerprint density at radius 2 is 2.00 bits per heavy atom. The summed E-state index contributed by atoms with van der Waals surface area (Å²) < 4.78 is 28.7. The largest absolute Gasteiger partial charge is 0.503 e. The van der Waals surface area contributed by atoms with Crippen molar-refractivity contribution in [2.45, 2.75) is 44.2 Å². The van der Waals surface area contributed by atoms with Gasteiger partial charge >= 0.3 is 0 Å². The van der Waals surface area contributed by atoms with Crippen LogP contribution in [0.15, 0.2) is 23.0 Å². The Bertz CT molecular complexity index is 1190. The van der Waals surface area contributed by atoms with E-state index in [1.807, 2.05) is 0 Å². The summed E-state index contributed by atoms with van der Waals surface area (Å²) in [7, 11) is 0. The summed E-state index contributed by atoms with van der Waals surface area (Å²) in [4.78, 5) is 40.5. The predicted molar refractivity (Wildman–Crippen MR) is 106 cm³/mol. The fourth-order valence-electron chi connectivity index (χ4n) is 5.27. The quantitative estimate of drug-likeness (QED) is 0.781. The predicted octanol–water partition coefficient (Wildman–Crippen LogP) is 2.04. The first kappa shape index (κ1) is 19.7. The number of carbonyl (C=O) groups excluding carboxylic acids is 2. The standard InChI is InChI=1S/C22H21F2N3O4/c23-13-4-3-12(14(24)9-13)10-25-20(30)16-15-5-7-22-6-1-2-8-26(11-22)21(31)17(27(15)22)19(29)18(16)28/h3-4,9,29H,1-2,5-8,10-11H2,(H,25,30)/t22-/m0/s1. The van der Waals surface area contributed by atoms with Gasteiger partial charge < -0.3 is 19.9 Å². The number of aromatic hydroxyl groups is 1. The van der Waals surface area contributed by atoms with Gasteiger partial charge in [0.15, 0.2) is 11.4 Å². The van der Waals surface area contributed by atoms with E-state index in [0.717, 1.165) is 25.3 Å². The number of benzene rings is 1. The van der Waals surface area contributed by atoms with Crippen LogP contribution in [-0.4, -0.2) is 39.5 Å². The van der Waals surface area contributed by atoms with E-state index < -0.39 is 40.2 Å². The topological polar surface area (TPSA) is 91.6 Å². The third-order valence-electron chi connectivity index (χ3n) is 6.73. The van der Waals surface area contributed by atoms with Gasteiger partial charge in [-0.2, -0.15) is 0 Å². The molecular weight excluding hydrogens is 408 g/mol. The molecule has 1 saturated heterocycles. The molecule has 1 spiro atoms. The monoisotopic (exact) mass is 429 g/mol. The minimum atomic E-state index is -0.899. The average Bonchev–Trinajstić information content (AvgIpc) is 2.97. The highest BCUT2D eigenvalue weighted by Gasteiger charge is 2.50. The molecule has 1 fully saturated rings. The summed E-state index contributed by atoms with van der Waals surface area (Å²) in [5.74, 6) is -3.40. The number of halogens is 2. The van der Waals surface area contributed by atoms with Gasteiger partial charge in [-0.3, -0.25) is 14.4 Å². The van der Waals surface area contributed by atoms with Gasteiger partial charge in [-0.25, -0.2) is 8.78 Å². The zero-order valence-electron chi connectivity index (χ0n) is 16.7. The molecule has 1 aromatic heterocycles. The van der Waals surface area contributed by atoms with Crippen molar-refractivity contribution in [3.8, 4) is 5.75 Å². The maximum absolute atomic E-state index is 13.9. The molecule has 7 nitrogen and oxygen atoms in total. The number of rotatable bonds is 3. The van der Waals surface area contributed by atoms with Crippen molar-refractivity contribution < 1.29 is 23.5 Å². The molecule has 4 heterocycles. The summed E-state index contributed by atoms with van der Waals surface area (Å²) in [6.07, 6.45) is 3.64. The Morgan fingerprint density at radius 3 is 2.77 bits per heavy atom. The van der Waals surface area contributed by atoms with Crippen LogP contribution in [-0.2, 0) is 18.5 Å². The highest BCUT2D eigenvalue weighted by atomic mass is 19.1. The van der Waals surface area contributed by atoms with E-state index in [4.69, 9.17) is 0 Å². The molecule has 0 aliphatic carbocycles. The summed E-state index contributed by atoms with van der Waals surface area (Å²) >= 11 is 0. The van der Waals surface area contributed by atoms with Gasteiger partial charge in [-0.05, 0) is 38.2 Å². The van der Waals surface area contributed by atoms with Gasteiger partial charge in [0, 0.05) is 37.0 Å². The molecule has 162 valence electrons. The Kier molecular flexibility index (Phi) is 4.39. The molecule has 9 heteroatoms. The number of amides is 2. The van der Waals surface area contributed by atoms with Crippen molar-refractivity contribution in [1.82, 2.24) is 14.8 Å². The van der Waals surface area contributed by atoms with Crippen LogP contribution in [0, 0.1) is 11.6 Å². The Labute approximate surface area is 176 Å². The number of nitrogens with zero attached hydrogens (tertiary/aromatic N) is 2. The normalized spacial score (nSPS) is 21.6. The maximum Gasteiger partial charge on any atom is 0.274 e. The van der Waals surface area contributed by atoms with Gasteiger partial charge in [-0.1, -0.05) is 6.07 Å². The van der Waals surface area contributed by atoms with Gasteiger partial charge in [0.1, 0.15) is 17.2 Å². The van der Waals surface area contributed by atoms with Crippen LogP contribution in [0.4, 0.5) is 8.78 Å². The van der Waals surface area contributed by atoms with Gasteiger partial charge in [-0.15, -0.1) is 0 Å². The molecule has 3 aliphatic rings. The highest BCUT2D eigenvalue weighted by molar-refractivity contribution is 6.00. The molecule has 2 bridgehead atoms. The highest BCUT2D eigenvalue weighted by Crippen LogP contribution is 2.45. The van der Waals surface area contributed by atoms with Gasteiger partial charge in [0.05, 0.1) is 5.54 Å². The number of pyridine rings is 1. The number of hydrogen-bond acceptors (Lipinski definition) is 4. The lowest BCUT2D eigenvalue weighted by molar-refractivity contribution is 0.0584. The number of hydrogen-bond donors (Lipinski definition) is 2. The Morgan fingerprint density at radius 1 is 1.19 bits per heavy atom.